The van der Waals surface area contributed by atoms with Gasteiger partial charge in [0.15, 0.2) is 0 Å². The van der Waals surface area contributed by atoms with Gasteiger partial charge >= 0.3 is 7.12 Å². The van der Waals surface area contributed by atoms with Gasteiger partial charge in [-0.1, -0.05) is 0 Å². The minimum absolute atomic E-state index is 0.167. The van der Waals surface area contributed by atoms with Crippen LogP contribution in [0.15, 0.2) is 12.4 Å². The van der Waals surface area contributed by atoms with Crippen molar-refractivity contribution < 1.29 is 14.8 Å². The maximum Gasteiger partial charge on any atom is 0.491 e. The second kappa shape index (κ2) is 4.77. The van der Waals surface area contributed by atoms with Gasteiger partial charge < -0.3 is 19.7 Å². The van der Waals surface area contributed by atoms with E-state index in [9.17, 15) is 0 Å². The van der Waals surface area contributed by atoms with Crippen LogP contribution in [0.2, 0.25) is 0 Å². The molecule has 1 atom stereocenters. The van der Waals surface area contributed by atoms with Crippen LogP contribution in [0, 0.1) is 0 Å². The van der Waals surface area contributed by atoms with E-state index in [2.05, 4.69) is 9.97 Å². The molecule has 0 amide bonds. The van der Waals surface area contributed by atoms with E-state index in [0.29, 0.717) is 18.0 Å². The van der Waals surface area contributed by atoms with Crippen molar-refractivity contribution in [2.24, 2.45) is 0 Å². The van der Waals surface area contributed by atoms with E-state index in [0.717, 1.165) is 13.1 Å². The fraction of sp³-hybridized carbons (Fsp3) is 0.556. The molecule has 2 rings (SSSR count). The molecule has 1 fully saturated rings. The van der Waals surface area contributed by atoms with Gasteiger partial charge in [-0.2, -0.15) is 0 Å². The van der Waals surface area contributed by atoms with E-state index < -0.39 is 7.12 Å². The fourth-order valence-electron chi connectivity index (χ4n) is 1.63. The van der Waals surface area contributed by atoms with Gasteiger partial charge in [0.25, 0.3) is 0 Å². The van der Waals surface area contributed by atoms with E-state index in [4.69, 9.17) is 14.8 Å². The average Bonchev–Trinajstić information content (AvgIpc) is 2.29. The van der Waals surface area contributed by atoms with Crippen molar-refractivity contribution in [3.63, 3.8) is 0 Å². The van der Waals surface area contributed by atoms with Crippen LogP contribution in [-0.2, 0) is 4.74 Å². The molecule has 2 heterocycles. The number of hydrogen-bond acceptors (Lipinski definition) is 6. The van der Waals surface area contributed by atoms with Gasteiger partial charge in [0.05, 0.1) is 12.7 Å². The second-order valence-corrected chi connectivity index (χ2v) is 3.82. The van der Waals surface area contributed by atoms with Gasteiger partial charge in [0.2, 0.25) is 5.95 Å². The van der Waals surface area contributed by atoms with Crippen molar-refractivity contribution in [2.75, 3.05) is 24.6 Å². The highest BCUT2D eigenvalue weighted by Gasteiger charge is 2.19. The molecule has 1 aliphatic heterocycles. The molecule has 1 aliphatic rings. The zero-order chi connectivity index (χ0) is 11.5. The quantitative estimate of drug-likeness (QED) is 0.587. The van der Waals surface area contributed by atoms with Gasteiger partial charge in [0.1, 0.15) is 0 Å². The van der Waals surface area contributed by atoms with Gasteiger partial charge in [0, 0.05) is 30.9 Å². The molecular formula is C9H14BN3O3. The molecule has 1 aromatic rings. The Morgan fingerprint density at radius 2 is 2.12 bits per heavy atom. The number of aromatic nitrogens is 2. The van der Waals surface area contributed by atoms with E-state index in [-0.39, 0.29) is 6.10 Å². The van der Waals surface area contributed by atoms with Crippen LogP contribution in [0.3, 0.4) is 0 Å². The molecule has 0 saturated carbocycles. The first kappa shape index (κ1) is 11.3. The zero-order valence-electron chi connectivity index (χ0n) is 9.08. The second-order valence-electron chi connectivity index (χ2n) is 3.82. The first-order chi connectivity index (χ1) is 7.66. The molecule has 0 aliphatic carbocycles. The van der Waals surface area contributed by atoms with Gasteiger partial charge in [-0.3, -0.25) is 0 Å². The lowest BCUT2D eigenvalue weighted by atomic mass is 9.83. The van der Waals surface area contributed by atoms with Crippen LogP contribution in [0.4, 0.5) is 5.95 Å². The Morgan fingerprint density at radius 3 is 2.69 bits per heavy atom. The van der Waals surface area contributed by atoms with E-state index in [1.807, 2.05) is 11.8 Å². The normalized spacial score (nSPS) is 20.9. The molecule has 16 heavy (non-hydrogen) atoms. The summed E-state index contributed by atoms with van der Waals surface area (Å²) in [5, 5.41) is 17.8. The lowest BCUT2D eigenvalue weighted by Gasteiger charge is -2.31. The summed E-state index contributed by atoms with van der Waals surface area (Å²) in [6.45, 7) is 4.17. The van der Waals surface area contributed by atoms with Crippen LogP contribution >= 0.6 is 0 Å². The summed E-state index contributed by atoms with van der Waals surface area (Å²) >= 11 is 0. The first-order valence-corrected chi connectivity index (χ1v) is 5.21. The predicted octanol–water partition coefficient (Wildman–Crippen LogP) is -1.62. The summed E-state index contributed by atoms with van der Waals surface area (Å²) in [5.74, 6) is 0.597. The summed E-state index contributed by atoms with van der Waals surface area (Å²) in [4.78, 5) is 10.2. The monoisotopic (exact) mass is 223 g/mol. The van der Waals surface area contributed by atoms with Crippen LogP contribution in [-0.4, -0.2) is 52.9 Å². The summed E-state index contributed by atoms with van der Waals surface area (Å²) in [6, 6.07) is 0. The van der Waals surface area contributed by atoms with E-state index >= 15 is 0 Å². The molecule has 0 bridgehead atoms. The highest BCUT2D eigenvalue weighted by molar-refractivity contribution is 6.58. The number of anilines is 1. The van der Waals surface area contributed by atoms with Crippen LogP contribution < -0.4 is 10.4 Å². The smallest absolute Gasteiger partial charge is 0.423 e. The molecular weight excluding hydrogens is 209 g/mol. The molecule has 6 nitrogen and oxygen atoms in total. The molecule has 0 radical (unpaired) electrons. The third-order valence-electron chi connectivity index (χ3n) is 2.48. The maximum absolute atomic E-state index is 8.91. The molecule has 0 spiro atoms. The minimum atomic E-state index is -1.52. The maximum atomic E-state index is 8.91. The highest BCUT2D eigenvalue weighted by atomic mass is 16.5. The van der Waals surface area contributed by atoms with Crippen molar-refractivity contribution in [1.82, 2.24) is 9.97 Å². The molecule has 0 unspecified atom stereocenters. The molecule has 0 aromatic carbocycles. The highest BCUT2D eigenvalue weighted by Crippen LogP contribution is 2.10. The summed E-state index contributed by atoms with van der Waals surface area (Å²) in [7, 11) is -1.52. The Balaban J connectivity index is 2.09. The first-order valence-electron chi connectivity index (χ1n) is 5.21. The largest absolute Gasteiger partial charge is 0.491 e. The Hall–Kier alpha value is -1.18. The molecule has 1 aromatic heterocycles. The summed E-state index contributed by atoms with van der Waals surface area (Å²) in [5.41, 5.74) is 0.296. The standard InChI is InChI=1S/C9H14BN3O3/c1-7-6-13(2-3-16-7)9-11-4-8(5-12-9)10(14)15/h4-5,7,14-15H,2-3,6H2,1H3/t7-/m0/s1. The van der Waals surface area contributed by atoms with Crippen molar-refractivity contribution in [2.45, 2.75) is 13.0 Å². The lowest BCUT2D eigenvalue weighted by molar-refractivity contribution is 0.0526. The van der Waals surface area contributed by atoms with Crippen molar-refractivity contribution >= 4 is 18.5 Å². The third kappa shape index (κ3) is 2.49. The van der Waals surface area contributed by atoms with Gasteiger partial charge in [-0.15, -0.1) is 0 Å². The van der Waals surface area contributed by atoms with Gasteiger partial charge in [-0.05, 0) is 6.92 Å². The third-order valence-corrected chi connectivity index (χ3v) is 2.48. The molecule has 86 valence electrons. The van der Waals surface area contributed by atoms with Crippen LogP contribution in [0.5, 0.6) is 0 Å². The fourth-order valence-corrected chi connectivity index (χ4v) is 1.63. The topological polar surface area (TPSA) is 78.7 Å². The number of nitrogens with zero attached hydrogens (tertiary/aromatic N) is 3. The molecule has 1 saturated heterocycles. The SMILES string of the molecule is C[C@H]1CN(c2ncc(B(O)O)cn2)CCO1. The Kier molecular flexibility index (Phi) is 3.38. The summed E-state index contributed by atoms with van der Waals surface area (Å²) in [6.07, 6.45) is 3.01. The average molecular weight is 223 g/mol. The van der Waals surface area contributed by atoms with E-state index in [1.165, 1.54) is 12.4 Å². The van der Waals surface area contributed by atoms with Crippen molar-refractivity contribution in [1.29, 1.82) is 0 Å². The Labute approximate surface area is 94.0 Å². The minimum Gasteiger partial charge on any atom is -0.423 e. The van der Waals surface area contributed by atoms with E-state index in [1.54, 1.807) is 0 Å². The number of rotatable bonds is 2. The number of morpholine rings is 1. The van der Waals surface area contributed by atoms with Crippen LogP contribution in [0.1, 0.15) is 6.92 Å². The zero-order valence-corrected chi connectivity index (χ0v) is 9.08. The predicted molar refractivity (Wildman–Crippen MR) is 59.5 cm³/mol. The molecule has 7 heteroatoms. The summed E-state index contributed by atoms with van der Waals surface area (Å²) < 4.78 is 5.41. The van der Waals surface area contributed by atoms with Gasteiger partial charge in [-0.25, -0.2) is 9.97 Å². The van der Waals surface area contributed by atoms with Crippen LogP contribution in [0.25, 0.3) is 0 Å². The number of hydrogen-bond donors (Lipinski definition) is 2. The Bertz CT molecular complexity index is 346. The molecule has 2 N–H and O–H groups in total. The van der Waals surface area contributed by atoms with Crippen molar-refractivity contribution in [3.8, 4) is 0 Å². The van der Waals surface area contributed by atoms with Crippen molar-refractivity contribution in [3.05, 3.63) is 12.4 Å². The number of ether oxygens (including phenoxy) is 1. The Morgan fingerprint density at radius 1 is 1.44 bits per heavy atom. The lowest BCUT2D eigenvalue weighted by Crippen LogP contribution is -2.42.